The van der Waals surface area contributed by atoms with Crippen LogP contribution in [0.5, 0.6) is 5.75 Å². The molecule has 0 bridgehead atoms. The summed E-state index contributed by atoms with van der Waals surface area (Å²) < 4.78 is 5.63. The monoisotopic (exact) mass is 537 g/mol. The lowest BCUT2D eigenvalue weighted by atomic mass is 10.3. The molecule has 4 N–H and O–H groups in total. The molecule has 13 heteroatoms. The predicted octanol–water partition coefficient (Wildman–Crippen LogP) is -0.953. The van der Waals surface area contributed by atoms with Gasteiger partial charge in [-0.15, -0.1) is 0 Å². The first-order chi connectivity index (χ1) is 18.2. The second-order valence-corrected chi connectivity index (χ2v) is 9.15. The molecule has 38 heavy (non-hydrogen) atoms. The third kappa shape index (κ3) is 13.9. The lowest BCUT2D eigenvalue weighted by Crippen LogP contribution is -2.49. The molecule has 1 aliphatic rings. The second-order valence-electron chi connectivity index (χ2n) is 9.15. The van der Waals surface area contributed by atoms with E-state index >= 15 is 0 Å². The Morgan fingerprint density at radius 1 is 0.658 bits per heavy atom. The largest absolute Gasteiger partial charge is 0.494 e. The van der Waals surface area contributed by atoms with Crippen LogP contribution in [-0.2, 0) is 19.2 Å². The summed E-state index contributed by atoms with van der Waals surface area (Å²) in [6.45, 7) is 3.22. The molecule has 13 nitrogen and oxygen atoms in total. The summed E-state index contributed by atoms with van der Waals surface area (Å²) in [5.41, 5.74) is 0. The van der Waals surface area contributed by atoms with Crippen molar-refractivity contribution in [2.24, 2.45) is 0 Å². The third-order valence-electron chi connectivity index (χ3n) is 6.03. The van der Waals surface area contributed by atoms with E-state index in [4.69, 9.17) is 4.74 Å². The van der Waals surface area contributed by atoms with Crippen molar-refractivity contribution in [3.63, 3.8) is 0 Å². The lowest BCUT2D eigenvalue weighted by molar-refractivity contribution is -0.140. The number of hydrogen-bond acceptors (Lipinski definition) is 9. The normalized spacial score (nSPS) is 17.2. The first-order valence-corrected chi connectivity index (χ1v) is 12.7. The number of ether oxygens (including phenoxy) is 1. The van der Waals surface area contributed by atoms with Crippen molar-refractivity contribution in [3.05, 3.63) is 30.3 Å². The average Bonchev–Trinajstić information content (AvgIpc) is 2.85. The summed E-state index contributed by atoms with van der Waals surface area (Å²) in [6, 6.07) is 9.40. The zero-order valence-electron chi connectivity index (χ0n) is 21.7. The Balaban J connectivity index is 1.94. The van der Waals surface area contributed by atoms with Gasteiger partial charge in [0, 0.05) is 58.9 Å². The van der Waals surface area contributed by atoms with E-state index in [1.807, 2.05) is 35.2 Å². The molecule has 0 saturated carbocycles. The molecular weight excluding hydrogens is 498 g/mol. The van der Waals surface area contributed by atoms with Gasteiger partial charge in [0.05, 0.1) is 32.8 Å². The molecule has 0 atom stereocenters. The Kier molecular flexibility index (Phi) is 14.1. The molecule has 0 unspecified atom stereocenters. The van der Waals surface area contributed by atoms with Gasteiger partial charge in [0.1, 0.15) is 5.75 Å². The molecule has 2 rings (SSSR count). The number of aliphatic carboxylic acids is 3. The van der Waals surface area contributed by atoms with Crippen LogP contribution in [0.3, 0.4) is 0 Å². The highest BCUT2D eigenvalue weighted by Crippen LogP contribution is 2.08. The van der Waals surface area contributed by atoms with E-state index in [2.05, 4.69) is 5.32 Å². The number of carboxylic acids is 3. The molecule has 1 fully saturated rings. The van der Waals surface area contributed by atoms with Crippen molar-refractivity contribution in [2.75, 3.05) is 91.7 Å². The standard InChI is InChI=1S/C25H39N5O8/c31-22(26-7-4-16-38-21-5-2-1-3-6-21)17-27-8-10-28(18-23(32)33)12-14-30(20-25(36)37)15-13-29(11-9-27)19-24(34)35/h1-3,5-6H,4,7-20H2,(H,26,31)(H,32,33)(H,34,35)(H,36,37). The van der Waals surface area contributed by atoms with Gasteiger partial charge in [0.25, 0.3) is 0 Å². The number of amides is 1. The van der Waals surface area contributed by atoms with Crippen molar-refractivity contribution in [2.45, 2.75) is 6.42 Å². The van der Waals surface area contributed by atoms with Gasteiger partial charge in [0.15, 0.2) is 0 Å². The zero-order chi connectivity index (χ0) is 27.8. The molecular formula is C25H39N5O8. The van der Waals surface area contributed by atoms with Crippen molar-refractivity contribution in [1.29, 1.82) is 0 Å². The summed E-state index contributed by atoms with van der Waals surface area (Å²) in [6.07, 6.45) is 0.631. The first-order valence-electron chi connectivity index (χ1n) is 12.7. The quantitative estimate of drug-likeness (QED) is 0.229. The summed E-state index contributed by atoms with van der Waals surface area (Å²) in [7, 11) is 0. The van der Waals surface area contributed by atoms with Crippen molar-refractivity contribution >= 4 is 23.8 Å². The minimum atomic E-state index is -1.00. The highest BCUT2D eigenvalue weighted by molar-refractivity contribution is 5.78. The number of hydrogen-bond donors (Lipinski definition) is 4. The minimum absolute atomic E-state index is 0.0898. The van der Waals surface area contributed by atoms with Crippen LogP contribution >= 0.6 is 0 Å². The third-order valence-corrected chi connectivity index (χ3v) is 6.03. The van der Waals surface area contributed by atoms with Crippen molar-refractivity contribution in [1.82, 2.24) is 24.9 Å². The van der Waals surface area contributed by atoms with E-state index < -0.39 is 17.9 Å². The van der Waals surface area contributed by atoms with Crippen LogP contribution < -0.4 is 10.1 Å². The van der Waals surface area contributed by atoms with Gasteiger partial charge in [-0.25, -0.2) is 0 Å². The fourth-order valence-corrected chi connectivity index (χ4v) is 4.05. The van der Waals surface area contributed by atoms with E-state index in [1.54, 1.807) is 14.7 Å². The van der Waals surface area contributed by atoms with E-state index in [9.17, 15) is 34.5 Å². The maximum Gasteiger partial charge on any atom is 0.317 e. The van der Waals surface area contributed by atoms with Crippen LogP contribution in [0.1, 0.15) is 6.42 Å². The fraction of sp³-hybridized carbons (Fsp3) is 0.600. The van der Waals surface area contributed by atoms with Crippen molar-refractivity contribution < 1.29 is 39.2 Å². The second kappa shape index (κ2) is 17.3. The molecule has 1 amide bonds. The number of nitrogens with one attached hydrogen (secondary N) is 1. The van der Waals surface area contributed by atoms with Gasteiger partial charge in [-0.2, -0.15) is 0 Å². The molecule has 0 radical (unpaired) electrons. The Labute approximate surface area is 222 Å². The number of carbonyl (C=O) groups is 4. The van der Waals surface area contributed by atoms with E-state index in [0.29, 0.717) is 71.9 Å². The molecule has 1 aromatic carbocycles. The Bertz CT molecular complexity index is 856. The molecule has 1 heterocycles. The number of nitrogens with zero attached hydrogens (tertiary/aromatic N) is 4. The van der Waals surface area contributed by atoms with E-state index in [0.717, 1.165) is 5.75 Å². The van der Waals surface area contributed by atoms with Gasteiger partial charge in [-0.1, -0.05) is 18.2 Å². The Hall–Kier alpha value is -3.26. The van der Waals surface area contributed by atoms with Crippen LogP contribution in [0.2, 0.25) is 0 Å². The number of carboxylic acid groups (broad SMARTS) is 3. The Morgan fingerprint density at radius 3 is 1.45 bits per heavy atom. The molecule has 1 aliphatic heterocycles. The van der Waals surface area contributed by atoms with E-state index in [-0.39, 0.29) is 32.1 Å². The fourth-order valence-electron chi connectivity index (χ4n) is 4.05. The van der Waals surface area contributed by atoms with Gasteiger partial charge in [-0.05, 0) is 18.6 Å². The van der Waals surface area contributed by atoms with Gasteiger partial charge in [-0.3, -0.25) is 38.8 Å². The predicted molar refractivity (Wildman–Crippen MR) is 138 cm³/mol. The maximum absolute atomic E-state index is 12.6. The maximum atomic E-state index is 12.6. The van der Waals surface area contributed by atoms with Crippen LogP contribution in [0.15, 0.2) is 30.3 Å². The van der Waals surface area contributed by atoms with Crippen LogP contribution in [0.4, 0.5) is 0 Å². The molecule has 1 saturated heterocycles. The molecule has 212 valence electrons. The van der Waals surface area contributed by atoms with Crippen LogP contribution in [0, 0.1) is 0 Å². The van der Waals surface area contributed by atoms with Gasteiger partial charge < -0.3 is 25.4 Å². The smallest absolute Gasteiger partial charge is 0.317 e. The molecule has 0 aromatic heterocycles. The Morgan fingerprint density at radius 2 is 1.05 bits per heavy atom. The first kappa shape index (κ1) is 31.0. The van der Waals surface area contributed by atoms with Gasteiger partial charge in [0.2, 0.25) is 5.91 Å². The molecule has 1 aromatic rings. The summed E-state index contributed by atoms with van der Waals surface area (Å²) in [4.78, 5) is 53.6. The SMILES string of the molecule is O=C(O)CN1CCN(CC(=O)O)CCN(CC(=O)NCCCOc2ccccc2)CCN(CC(=O)O)CC1. The highest BCUT2D eigenvalue weighted by atomic mass is 16.5. The molecule has 0 spiro atoms. The number of benzene rings is 1. The lowest BCUT2D eigenvalue weighted by Gasteiger charge is -2.32. The number of rotatable bonds is 13. The number of carbonyl (C=O) groups excluding carboxylic acids is 1. The minimum Gasteiger partial charge on any atom is -0.494 e. The molecule has 0 aliphatic carbocycles. The van der Waals surface area contributed by atoms with Gasteiger partial charge >= 0.3 is 17.9 Å². The summed E-state index contributed by atoms with van der Waals surface area (Å²) in [5.74, 6) is -2.40. The topological polar surface area (TPSA) is 163 Å². The average molecular weight is 538 g/mol. The summed E-state index contributed by atoms with van der Waals surface area (Å²) >= 11 is 0. The zero-order valence-corrected chi connectivity index (χ0v) is 21.7. The highest BCUT2D eigenvalue weighted by Gasteiger charge is 2.21. The summed E-state index contributed by atoms with van der Waals surface area (Å²) in [5, 5.41) is 30.7. The van der Waals surface area contributed by atoms with Crippen LogP contribution in [0.25, 0.3) is 0 Å². The van der Waals surface area contributed by atoms with E-state index in [1.165, 1.54) is 0 Å². The van der Waals surface area contributed by atoms with Crippen LogP contribution in [-0.4, -0.2) is 150 Å². The van der Waals surface area contributed by atoms with Crippen molar-refractivity contribution in [3.8, 4) is 5.75 Å². The number of para-hydroxylation sites is 1.